The van der Waals surface area contributed by atoms with Gasteiger partial charge in [-0.25, -0.2) is 0 Å². The number of rotatable bonds is 6. The van der Waals surface area contributed by atoms with E-state index in [0.717, 1.165) is 24.2 Å². The zero-order valence-corrected chi connectivity index (χ0v) is 20.3. The standard InChI is InChI=1S/C26H30N2O6/c1-16-12-17(2)23-21(13-16)34-25(18-6-7-19(31-4)20(14-18)32-5)26(24(23)30)33-15-22(29)28-10-8-27(3)9-11-28/h6-7,12-14H,8-11,15H2,1-5H3/p+1. The summed E-state index contributed by atoms with van der Waals surface area (Å²) >= 11 is 0. The summed E-state index contributed by atoms with van der Waals surface area (Å²) in [5.74, 6) is 1.16. The number of ether oxygens (including phenoxy) is 3. The van der Waals surface area contributed by atoms with Crippen molar-refractivity contribution in [1.29, 1.82) is 0 Å². The number of nitrogens with zero attached hydrogens (tertiary/aromatic N) is 1. The highest BCUT2D eigenvalue weighted by Crippen LogP contribution is 2.37. The Bertz CT molecular complexity index is 1270. The summed E-state index contributed by atoms with van der Waals surface area (Å²) in [5.41, 5.74) is 2.52. The van der Waals surface area contributed by atoms with Crippen LogP contribution in [0.2, 0.25) is 0 Å². The number of methoxy groups -OCH3 is 2. The number of fused-ring (bicyclic) bond motifs is 1. The maximum atomic E-state index is 13.6. The lowest BCUT2D eigenvalue weighted by molar-refractivity contribution is -0.883. The smallest absolute Gasteiger partial charge is 0.260 e. The van der Waals surface area contributed by atoms with Crippen molar-refractivity contribution in [3.63, 3.8) is 0 Å². The van der Waals surface area contributed by atoms with E-state index in [2.05, 4.69) is 7.05 Å². The summed E-state index contributed by atoms with van der Waals surface area (Å²) in [6, 6.07) is 8.99. The van der Waals surface area contributed by atoms with Crippen LogP contribution in [0.4, 0.5) is 0 Å². The third kappa shape index (κ3) is 4.59. The van der Waals surface area contributed by atoms with Gasteiger partial charge in [0.05, 0.1) is 52.8 Å². The van der Waals surface area contributed by atoms with Gasteiger partial charge in [-0.3, -0.25) is 9.59 Å². The van der Waals surface area contributed by atoms with Gasteiger partial charge in [0.25, 0.3) is 5.91 Å². The van der Waals surface area contributed by atoms with Crippen molar-refractivity contribution >= 4 is 16.9 Å². The van der Waals surface area contributed by atoms with Crippen molar-refractivity contribution in [2.75, 3.05) is 54.1 Å². The van der Waals surface area contributed by atoms with Crippen molar-refractivity contribution < 1.29 is 28.3 Å². The van der Waals surface area contributed by atoms with Crippen molar-refractivity contribution in [1.82, 2.24) is 4.90 Å². The summed E-state index contributed by atoms with van der Waals surface area (Å²) in [6.07, 6.45) is 0. The predicted octanol–water partition coefficient (Wildman–Crippen LogP) is 1.83. The molecule has 0 unspecified atom stereocenters. The van der Waals surface area contributed by atoms with Gasteiger partial charge < -0.3 is 28.4 Å². The molecule has 8 nitrogen and oxygen atoms in total. The fourth-order valence-corrected chi connectivity index (χ4v) is 4.33. The molecule has 0 atom stereocenters. The van der Waals surface area contributed by atoms with E-state index in [1.54, 1.807) is 37.3 Å². The number of aryl methyl sites for hydroxylation is 2. The van der Waals surface area contributed by atoms with Gasteiger partial charge >= 0.3 is 0 Å². The Morgan fingerprint density at radius 2 is 1.76 bits per heavy atom. The van der Waals surface area contributed by atoms with Gasteiger partial charge in [-0.2, -0.15) is 0 Å². The molecular formula is C26H31N2O6+. The molecular weight excluding hydrogens is 436 g/mol. The Kier molecular flexibility index (Phi) is 6.79. The number of benzene rings is 2. The van der Waals surface area contributed by atoms with Crippen LogP contribution >= 0.6 is 0 Å². The first-order valence-corrected chi connectivity index (χ1v) is 11.3. The van der Waals surface area contributed by atoms with E-state index < -0.39 is 0 Å². The quantitative estimate of drug-likeness (QED) is 0.596. The van der Waals surface area contributed by atoms with E-state index in [-0.39, 0.29) is 29.5 Å². The summed E-state index contributed by atoms with van der Waals surface area (Å²) in [5, 5.41) is 0.445. The molecule has 1 aliphatic rings. The molecule has 1 N–H and O–H groups in total. The molecule has 4 rings (SSSR count). The second-order valence-corrected chi connectivity index (χ2v) is 8.74. The van der Waals surface area contributed by atoms with Crippen LogP contribution in [0, 0.1) is 13.8 Å². The number of piperazine rings is 1. The van der Waals surface area contributed by atoms with E-state index >= 15 is 0 Å². The average molecular weight is 468 g/mol. The van der Waals surface area contributed by atoms with Crippen LogP contribution in [-0.2, 0) is 4.79 Å². The number of hydrogen-bond donors (Lipinski definition) is 1. The summed E-state index contributed by atoms with van der Waals surface area (Å²) in [4.78, 5) is 29.6. The highest BCUT2D eigenvalue weighted by Gasteiger charge is 2.25. The highest BCUT2D eigenvalue weighted by molar-refractivity contribution is 5.86. The minimum Gasteiger partial charge on any atom is -0.493 e. The molecule has 0 saturated carbocycles. The minimum absolute atomic E-state index is 0.0137. The number of likely N-dealkylation sites (N-methyl/N-ethyl adjacent to an activating group) is 1. The lowest BCUT2D eigenvalue weighted by Gasteiger charge is -2.30. The van der Waals surface area contributed by atoms with Crippen molar-refractivity contribution in [3.05, 3.63) is 51.7 Å². The summed E-state index contributed by atoms with van der Waals surface area (Å²) in [7, 11) is 5.20. The molecule has 34 heavy (non-hydrogen) atoms. The fraction of sp³-hybridized carbons (Fsp3) is 0.385. The first kappa shape index (κ1) is 23.6. The predicted molar refractivity (Wildman–Crippen MR) is 129 cm³/mol. The molecule has 1 amide bonds. The Morgan fingerprint density at radius 1 is 1.06 bits per heavy atom. The number of nitrogens with one attached hydrogen (secondary N) is 1. The number of hydrogen-bond acceptors (Lipinski definition) is 6. The van der Waals surface area contributed by atoms with Gasteiger partial charge in [0, 0.05) is 5.56 Å². The van der Waals surface area contributed by atoms with Crippen LogP contribution in [0.3, 0.4) is 0 Å². The molecule has 0 bridgehead atoms. The van der Waals surface area contributed by atoms with E-state index in [4.69, 9.17) is 18.6 Å². The molecule has 1 aromatic heterocycles. The Morgan fingerprint density at radius 3 is 2.44 bits per heavy atom. The van der Waals surface area contributed by atoms with Gasteiger partial charge in [0.15, 0.2) is 23.9 Å². The summed E-state index contributed by atoms with van der Waals surface area (Å²) < 4.78 is 22.9. The SMILES string of the molecule is COc1ccc(-c2oc3cc(C)cc(C)c3c(=O)c2OCC(=O)N2CC[NH+](C)CC2)cc1OC. The third-order valence-corrected chi connectivity index (χ3v) is 6.25. The Hall–Kier alpha value is -3.52. The zero-order chi connectivity index (χ0) is 24.4. The minimum atomic E-state index is -0.306. The monoisotopic (exact) mass is 467 g/mol. The van der Waals surface area contributed by atoms with Gasteiger partial charge in [-0.05, 0) is 49.2 Å². The molecule has 2 heterocycles. The van der Waals surface area contributed by atoms with Gasteiger partial charge in [-0.1, -0.05) is 6.07 Å². The number of carbonyl (C=O) groups is 1. The van der Waals surface area contributed by atoms with Crippen molar-refractivity contribution in [2.24, 2.45) is 0 Å². The maximum absolute atomic E-state index is 13.6. The van der Waals surface area contributed by atoms with Gasteiger partial charge in [0.1, 0.15) is 5.58 Å². The normalized spacial score (nSPS) is 14.3. The number of amides is 1. The fourth-order valence-electron chi connectivity index (χ4n) is 4.33. The van der Waals surface area contributed by atoms with E-state index in [9.17, 15) is 9.59 Å². The van der Waals surface area contributed by atoms with Crippen LogP contribution in [-0.4, -0.2) is 64.9 Å². The van der Waals surface area contributed by atoms with Crippen LogP contribution in [0.25, 0.3) is 22.3 Å². The number of quaternary nitrogens is 1. The van der Waals surface area contributed by atoms with E-state index in [0.29, 0.717) is 41.1 Å². The molecule has 2 aromatic carbocycles. The van der Waals surface area contributed by atoms with Crippen LogP contribution in [0.15, 0.2) is 39.5 Å². The van der Waals surface area contributed by atoms with E-state index in [1.165, 1.54) is 4.90 Å². The third-order valence-electron chi connectivity index (χ3n) is 6.25. The molecule has 0 radical (unpaired) electrons. The number of carbonyl (C=O) groups excluding carboxylic acids is 1. The molecule has 0 aliphatic carbocycles. The van der Waals surface area contributed by atoms with Gasteiger partial charge in [-0.15, -0.1) is 0 Å². The second kappa shape index (κ2) is 9.77. The molecule has 0 spiro atoms. The molecule has 180 valence electrons. The topological polar surface area (TPSA) is 82.7 Å². The first-order valence-electron chi connectivity index (χ1n) is 11.3. The van der Waals surface area contributed by atoms with Crippen LogP contribution in [0.5, 0.6) is 17.2 Å². The molecule has 1 fully saturated rings. The molecule has 8 heteroatoms. The average Bonchev–Trinajstić information content (AvgIpc) is 2.82. The molecule has 1 aliphatic heterocycles. The van der Waals surface area contributed by atoms with Crippen molar-refractivity contribution in [2.45, 2.75) is 13.8 Å². The van der Waals surface area contributed by atoms with Crippen LogP contribution < -0.4 is 24.5 Å². The first-order chi connectivity index (χ1) is 16.3. The molecule has 1 saturated heterocycles. The van der Waals surface area contributed by atoms with E-state index in [1.807, 2.05) is 26.0 Å². The lowest BCUT2D eigenvalue weighted by Crippen LogP contribution is -3.12. The highest BCUT2D eigenvalue weighted by atomic mass is 16.5. The largest absolute Gasteiger partial charge is 0.493 e. The Labute approximate surface area is 198 Å². The zero-order valence-electron chi connectivity index (χ0n) is 20.3. The van der Waals surface area contributed by atoms with Crippen molar-refractivity contribution in [3.8, 4) is 28.6 Å². The lowest BCUT2D eigenvalue weighted by atomic mass is 10.0. The second-order valence-electron chi connectivity index (χ2n) is 8.74. The Balaban J connectivity index is 1.78. The van der Waals surface area contributed by atoms with Crippen LogP contribution in [0.1, 0.15) is 11.1 Å². The maximum Gasteiger partial charge on any atom is 0.260 e. The van der Waals surface area contributed by atoms with Gasteiger partial charge in [0.2, 0.25) is 11.2 Å². The summed E-state index contributed by atoms with van der Waals surface area (Å²) in [6.45, 7) is 6.69. The molecule has 3 aromatic rings.